The molecule has 0 fully saturated rings. The largest absolute Gasteiger partial charge is 0.355 e. The van der Waals surface area contributed by atoms with Gasteiger partial charge >= 0.3 is 0 Å². The van der Waals surface area contributed by atoms with E-state index in [0.717, 1.165) is 17.1 Å². The number of nitrogens with one attached hydrogen (secondary N) is 1. The number of carbonyl (C=O) groups excluding carboxylic acids is 1. The Morgan fingerprint density at radius 1 is 1.07 bits per heavy atom. The fraction of sp³-hybridized carbons (Fsp3) is 0.381. The minimum Gasteiger partial charge on any atom is -0.355 e. The molecule has 0 aliphatic carbocycles. The summed E-state index contributed by atoms with van der Waals surface area (Å²) < 4.78 is 26.0. The van der Waals surface area contributed by atoms with Gasteiger partial charge in [0, 0.05) is 18.6 Å². The maximum Gasteiger partial charge on any atom is 0.243 e. The van der Waals surface area contributed by atoms with Crippen molar-refractivity contribution in [2.75, 3.05) is 20.1 Å². The van der Waals surface area contributed by atoms with E-state index in [0.29, 0.717) is 17.5 Å². The van der Waals surface area contributed by atoms with Gasteiger partial charge in [-0.2, -0.15) is 4.31 Å². The Hall–Kier alpha value is -1.89. The number of nitrogens with zero attached hydrogens (tertiary/aromatic N) is 1. The second kappa shape index (κ2) is 10.0. The molecule has 0 aliphatic rings. The van der Waals surface area contributed by atoms with Crippen LogP contribution < -0.4 is 5.32 Å². The average molecular weight is 423 g/mol. The van der Waals surface area contributed by atoms with E-state index in [-0.39, 0.29) is 17.3 Å². The number of sulfonamides is 1. The van der Waals surface area contributed by atoms with Crippen molar-refractivity contribution in [2.45, 2.75) is 37.5 Å². The topological polar surface area (TPSA) is 66.5 Å². The summed E-state index contributed by atoms with van der Waals surface area (Å²) in [6, 6.07) is 14.4. The number of aryl methyl sites for hydroxylation is 1. The fourth-order valence-corrected chi connectivity index (χ4v) is 3.97. The van der Waals surface area contributed by atoms with Crippen molar-refractivity contribution >= 4 is 27.5 Å². The Morgan fingerprint density at radius 2 is 1.68 bits per heavy atom. The van der Waals surface area contributed by atoms with Crippen LogP contribution in [0.2, 0.25) is 5.02 Å². The molecule has 0 saturated carbocycles. The molecule has 1 N–H and O–H groups in total. The molecule has 0 heterocycles. The maximum atomic E-state index is 12.5. The normalized spacial score (nSPS) is 11.8. The smallest absolute Gasteiger partial charge is 0.243 e. The van der Waals surface area contributed by atoms with E-state index in [1.165, 1.54) is 42.4 Å². The quantitative estimate of drug-likeness (QED) is 0.624. The summed E-state index contributed by atoms with van der Waals surface area (Å²) in [5, 5.41) is 3.24. The summed E-state index contributed by atoms with van der Waals surface area (Å²) >= 11 is 5.79. The molecule has 0 bridgehead atoms. The molecule has 2 rings (SSSR count). The predicted octanol–water partition coefficient (Wildman–Crippen LogP) is 3.83. The van der Waals surface area contributed by atoms with Gasteiger partial charge in [-0.15, -0.1) is 0 Å². The van der Waals surface area contributed by atoms with Crippen molar-refractivity contribution in [3.63, 3.8) is 0 Å². The van der Waals surface area contributed by atoms with E-state index < -0.39 is 10.0 Å². The van der Waals surface area contributed by atoms with Gasteiger partial charge in [-0.05, 0) is 54.2 Å². The number of hydrogen-bond acceptors (Lipinski definition) is 3. The van der Waals surface area contributed by atoms with E-state index in [2.05, 4.69) is 43.4 Å². The van der Waals surface area contributed by atoms with E-state index in [1.54, 1.807) is 0 Å². The Kier molecular flexibility index (Phi) is 8.04. The van der Waals surface area contributed by atoms with Gasteiger partial charge in [0.05, 0.1) is 11.4 Å². The van der Waals surface area contributed by atoms with Crippen LogP contribution in [0.25, 0.3) is 0 Å². The summed E-state index contributed by atoms with van der Waals surface area (Å²) in [7, 11) is -2.33. The molecular weight excluding hydrogens is 396 g/mol. The second-order valence-corrected chi connectivity index (χ2v) is 9.55. The molecule has 152 valence electrons. The number of rotatable bonds is 9. The molecule has 28 heavy (non-hydrogen) atoms. The summed E-state index contributed by atoms with van der Waals surface area (Å²) in [5.41, 5.74) is 2.53. The number of hydrogen-bond donors (Lipinski definition) is 1. The molecule has 0 unspecified atom stereocenters. The molecule has 0 atom stereocenters. The first kappa shape index (κ1) is 22.4. The van der Waals surface area contributed by atoms with Crippen molar-refractivity contribution in [2.24, 2.45) is 0 Å². The highest BCUT2D eigenvalue weighted by Crippen LogP contribution is 2.17. The molecule has 0 aromatic heterocycles. The van der Waals surface area contributed by atoms with Crippen LogP contribution in [0.5, 0.6) is 0 Å². The van der Waals surface area contributed by atoms with Gasteiger partial charge in [-0.25, -0.2) is 8.42 Å². The second-order valence-electron chi connectivity index (χ2n) is 7.06. The molecule has 0 spiro atoms. The summed E-state index contributed by atoms with van der Waals surface area (Å²) in [6.45, 7) is 4.59. The Labute approximate surface area is 172 Å². The SMILES string of the molecule is CC(C)c1ccc(CCCNC(=O)CN(C)S(=O)(=O)c2ccc(Cl)cc2)cc1. The van der Waals surface area contributed by atoms with Crippen LogP contribution in [0.15, 0.2) is 53.4 Å². The number of benzene rings is 2. The molecule has 1 amide bonds. The summed E-state index contributed by atoms with van der Waals surface area (Å²) in [4.78, 5) is 12.2. The van der Waals surface area contributed by atoms with Crippen molar-refractivity contribution < 1.29 is 13.2 Å². The maximum absolute atomic E-state index is 12.5. The highest BCUT2D eigenvalue weighted by Gasteiger charge is 2.22. The first-order chi connectivity index (χ1) is 13.2. The minimum absolute atomic E-state index is 0.108. The lowest BCUT2D eigenvalue weighted by Crippen LogP contribution is -2.38. The Balaban J connectivity index is 1.77. The van der Waals surface area contributed by atoms with Gasteiger partial charge < -0.3 is 5.32 Å². The monoisotopic (exact) mass is 422 g/mol. The van der Waals surface area contributed by atoms with Crippen molar-refractivity contribution in [3.8, 4) is 0 Å². The van der Waals surface area contributed by atoms with Crippen LogP contribution in [0.3, 0.4) is 0 Å². The highest BCUT2D eigenvalue weighted by atomic mass is 35.5. The minimum atomic E-state index is -3.72. The Bertz CT molecular complexity index is 879. The molecule has 0 aliphatic heterocycles. The zero-order valence-electron chi connectivity index (χ0n) is 16.5. The van der Waals surface area contributed by atoms with Crippen LogP contribution in [0.4, 0.5) is 0 Å². The lowest BCUT2D eigenvalue weighted by molar-refractivity contribution is -0.121. The van der Waals surface area contributed by atoms with Crippen LogP contribution in [-0.2, 0) is 21.2 Å². The first-order valence-electron chi connectivity index (χ1n) is 9.27. The van der Waals surface area contributed by atoms with Crippen LogP contribution in [-0.4, -0.2) is 38.8 Å². The zero-order chi connectivity index (χ0) is 20.7. The third kappa shape index (κ3) is 6.33. The molecule has 2 aromatic carbocycles. The predicted molar refractivity (Wildman–Crippen MR) is 113 cm³/mol. The number of halogens is 1. The van der Waals surface area contributed by atoms with Crippen LogP contribution in [0.1, 0.15) is 37.3 Å². The van der Waals surface area contributed by atoms with E-state index in [9.17, 15) is 13.2 Å². The molecule has 5 nitrogen and oxygen atoms in total. The van der Waals surface area contributed by atoms with E-state index >= 15 is 0 Å². The highest BCUT2D eigenvalue weighted by molar-refractivity contribution is 7.89. The van der Waals surface area contributed by atoms with Crippen LogP contribution >= 0.6 is 11.6 Å². The third-order valence-electron chi connectivity index (χ3n) is 4.50. The third-order valence-corrected chi connectivity index (χ3v) is 6.57. The zero-order valence-corrected chi connectivity index (χ0v) is 18.1. The first-order valence-corrected chi connectivity index (χ1v) is 11.1. The number of amides is 1. The molecular formula is C21H27ClN2O3S. The standard InChI is InChI=1S/C21H27ClN2O3S/c1-16(2)18-8-6-17(7-9-18)5-4-14-23-21(25)15-24(3)28(26,27)20-12-10-19(22)11-13-20/h6-13,16H,4-5,14-15H2,1-3H3,(H,23,25). The fourth-order valence-electron chi connectivity index (χ4n) is 2.72. The van der Waals surface area contributed by atoms with Gasteiger partial charge in [0.2, 0.25) is 15.9 Å². The van der Waals surface area contributed by atoms with Crippen LogP contribution in [0, 0.1) is 0 Å². The Morgan fingerprint density at radius 3 is 2.25 bits per heavy atom. The van der Waals surface area contributed by atoms with E-state index in [4.69, 9.17) is 11.6 Å². The molecule has 2 aromatic rings. The number of carbonyl (C=O) groups is 1. The number of likely N-dealkylation sites (N-methyl/N-ethyl adjacent to an activating group) is 1. The summed E-state index contributed by atoms with van der Waals surface area (Å²) in [6.07, 6.45) is 1.65. The molecule has 0 radical (unpaired) electrons. The van der Waals surface area contributed by atoms with Gasteiger partial charge in [0.25, 0.3) is 0 Å². The van der Waals surface area contributed by atoms with Crippen molar-refractivity contribution in [1.29, 1.82) is 0 Å². The van der Waals surface area contributed by atoms with E-state index in [1.807, 2.05) is 0 Å². The molecule has 7 heteroatoms. The summed E-state index contributed by atoms with van der Waals surface area (Å²) in [5.74, 6) is 0.185. The van der Waals surface area contributed by atoms with Gasteiger partial charge in [0.15, 0.2) is 0 Å². The molecule has 0 saturated heterocycles. The van der Waals surface area contributed by atoms with Gasteiger partial charge in [0.1, 0.15) is 0 Å². The van der Waals surface area contributed by atoms with Crippen molar-refractivity contribution in [3.05, 3.63) is 64.7 Å². The average Bonchev–Trinajstić information content (AvgIpc) is 2.66. The lowest BCUT2D eigenvalue weighted by atomic mass is 10.0. The van der Waals surface area contributed by atoms with Gasteiger partial charge in [-0.1, -0.05) is 49.7 Å². The van der Waals surface area contributed by atoms with Crippen molar-refractivity contribution in [1.82, 2.24) is 9.62 Å². The van der Waals surface area contributed by atoms with Gasteiger partial charge in [-0.3, -0.25) is 4.79 Å². The lowest BCUT2D eigenvalue weighted by Gasteiger charge is -2.17.